The van der Waals surface area contributed by atoms with Crippen molar-refractivity contribution >= 4 is 27.5 Å². The summed E-state index contributed by atoms with van der Waals surface area (Å²) in [6, 6.07) is 19.5. The van der Waals surface area contributed by atoms with Gasteiger partial charge in [-0.05, 0) is 55.2 Å². The van der Waals surface area contributed by atoms with Gasteiger partial charge in [0.2, 0.25) is 21.8 Å². The highest BCUT2D eigenvalue weighted by Crippen LogP contribution is 2.25. The fraction of sp³-hybridized carbons (Fsp3) is 0.355. The van der Waals surface area contributed by atoms with E-state index in [2.05, 4.69) is 5.32 Å². The SMILES string of the molecule is CCCCNC(=O)[C@H](Cc1ccccc1)N(Cc1ccc(F)cc1)C(=O)CN(c1ccc(C)cc1C)S(C)(=O)=O. The highest BCUT2D eigenvalue weighted by Gasteiger charge is 2.33. The molecule has 3 aromatic carbocycles. The van der Waals surface area contributed by atoms with Gasteiger partial charge in [-0.25, -0.2) is 12.8 Å². The zero-order valence-corrected chi connectivity index (χ0v) is 24.4. The second-order valence-corrected chi connectivity index (χ2v) is 12.0. The van der Waals surface area contributed by atoms with Crippen molar-refractivity contribution in [2.75, 3.05) is 23.7 Å². The Kier molecular flexibility index (Phi) is 10.8. The first-order chi connectivity index (χ1) is 19.0. The van der Waals surface area contributed by atoms with Crippen molar-refractivity contribution in [2.45, 2.75) is 52.6 Å². The van der Waals surface area contributed by atoms with Crippen LogP contribution >= 0.6 is 0 Å². The highest BCUT2D eigenvalue weighted by atomic mass is 32.2. The number of benzene rings is 3. The molecule has 0 saturated heterocycles. The molecule has 214 valence electrons. The Morgan fingerprint density at radius 3 is 2.23 bits per heavy atom. The maximum atomic E-state index is 14.1. The van der Waals surface area contributed by atoms with E-state index in [1.807, 2.05) is 50.2 Å². The van der Waals surface area contributed by atoms with E-state index in [0.717, 1.165) is 34.5 Å². The zero-order chi connectivity index (χ0) is 29.3. The maximum absolute atomic E-state index is 14.1. The average Bonchev–Trinajstić information content (AvgIpc) is 2.90. The Morgan fingerprint density at radius 2 is 1.62 bits per heavy atom. The molecule has 0 spiro atoms. The number of anilines is 1. The number of hydrogen-bond donors (Lipinski definition) is 1. The van der Waals surface area contributed by atoms with Crippen molar-refractivity contribution in [3.63, 3.8) is 0 Å². The van der Waals surface area contributed by atoms with E-state index in [-0.39, 0.29) is 18.9 Å². The van der Waals surface area contributed by atoms with Gasteiger partial charge in [0.1, 0.15) is 18.4 Å². The van der Waals surface area contributed by atoms with Crippen molar-refractivity contribution in [3.05, 3.63) is 101 Å². The Balaban J connectivity index is 2.04. The third kappa shape index (κ3) is 8.64. The van der Waals surface area contributed by atoms with Crippen LogP contribution in [0.15, 0.2) is 72.8 Å². The Labute approximate surface area is 237 Å². The number of nitrogens with zero attached hydrogens (tertiary/aromatic N) is 2. The number of amides is 2. The summed E-state index contributed by atoms with van der Waals surface area (Å²) in [6.45, 7) is 5.69. The summed E-state index contributed by atoms with van der Waals surface area (Å²) < 4.78 is 40.6. The predicted octanol–water partition coefficient (Wildman–Crippen LogP) is 4.76. The zero-order valence-electron chi connectivity index (χ0n) is 23.6. The van der Waals surface area contributed by atoms with Crippen molar-refractivity contribution in [1.82, 2.24) is 10.2 Å². The van der Waals surface area contributed by atoms with Gasteiger partial charge >= 0.3 is 0 Å². The van der Waals surface area contributed by atoms with Crippen molar-refractivity contribution in [1.29, 1.82) is 0 Å². The third-order valence-corrected chi connectivity index (χ3v) is 7.79. The Bertz CT molecular complexity index is 1400. The van der Waals surface area contributed by atoms with Crippen LogP contribution < -0.4 is 9.62 Å². The minimum absolute atomic E-state index is 0.00228. The van der Waals surface area contributed by atoms with Gasteiger partial charge in [-0.3, -0.25) is 13.9 Å². The molecule has 0 heterocycles. The van der Waals surface area contributed by atoms with Gasteiger partial charge in [-0.2, -0.15) is 0 Å². The lowest BCUT2D eigenvalue weighted by Gasteiger charge is -2.34. The topological polar surface area (TPSA) is 86.8 Å². The first-order valence-corrected chi connectivity index (χ1v) is 15.2. The fourth-order valence-corrected chi connectivity index (χ4v) is 5.43. The third-order valence-electron chi connectivity index (χ3n) is 6.67. The molecule has 0 aromatic heterocycles. The first kappa shape index (κ1) is 30.8. The number of carbonyl (C=O) groups is 2. The number of halogens is 1. The van der Waals surface area contributed by atoms with Gasteiger partial charge in [0, 0.05) is 19.5 Å². The van der Waals surface area contributed by atoms with Crippen LogP contribution in [0.3, 0.4) is 0 Å². The minimum Gasteiger partial charge on any atom is -0.354 e. The van der Waals surface area contributed by atoms with Gasteiger partial charge in [0.25, 0.3) is 0 Å². The molecule has 0 aliphatic carbocycles. The molecule has 1 atom stereocenters. The molecule has 0 aliphatic rings. The summed E-state index contributed by atoms with van der Waals surface area (Å²) in [6.07, 6.45) is 2.96. The average molecular weight is 568 g/mol. The largest absolute Gasteiger partial charge is 0.354 e. The second-order valence-electron chi connectivity index (χ2n) is 10.1. The molecule has 9 heteroatoms. The first-order valence-electron chi connectivity index (χ1n) is 13.4. The van der Waals surface area contributed by atoms with Crippen LogP contribution in [-0.4, -0.2) is 50.5 Å². The smallest absolute Gasteiger partial charge is 0.244 e. The molecule has 0 aliphatic heterocycles. The lowest BCUT2D eigenvalue weighted by Crippen LogP contribution is -2.53. The molecule has 0 fully saturated rings. The number of aryl methyl sites for hydroxylation is 2. The normalized spacial score (nSPS) is 12.0. The Morgan fingerprint density at radius 1 is 0.950 bits per heavy atom. The van der Waals surface area contributed by atoms with E-state index in [1.165, 1.54) is 17.0 Å². The molecule has 0 radical (unpaired) electrons. The second kappa shape index (κ2) is 14.1. The standard InChI is InChI=1S/C31H38FN3O4S/c1-5-6-18-33-31(37)29(20-25-10-8-7-9-11-25)34(21-26-13-15-27(32)16-14-26)30(36)22-35(40(4,38)39)28-17-12-23(2)19-24(28)3/h7-17,19,29H,5-6,18,20-22H2,1-4H3,(H,33,37)/t29-/m0/s1. The van der Waals surface area contributed by atoms with E-state index in [1.54, 1.807) is 31.2 Å². The molecular formula is C31H38FN3O4S. The van der Waals surface area contributed by atoms with Crippen LogP contribution in [0.25, 0.3) is 0 Å². The molecule has 7 nitrogen and oxygen atoms in total. The quantitative estimate of drug-likeness (QED) is 0.302. The summed E-state index contributed by atoms with van der Waals surface area (Å²) >= 11 is 0. The molecule has 3 rings (SSSR count). The lowest BCUT2D eigenvalue weighted by molar-refractivity contribution is -0.140. The maximum Gasteiger partial charge on any atom is 0.244 e. The fourth-order valence-electron chi connectivity index (χ4n) is 4.53. The molecule has 0 bridgehead atoms. The van der Waals surface area contributed by atoms with Crippen molar-refractivity contribution in [2.24, 2.45) is 0 Å². The van der Waals surface area contributed by atoms with Crippen LogP contribution in [0.5, 0.6) is 0 Å². The molecule has 1 N–H and O–H groups in total. The van der Waals surface area contributed by atoms with Gasteiger partial charge in [-0.1, -0.05) is 73.5 Å². The van der Waals surface area contributed by atoms with E-state index in [9.17, 15) is 22.4 Å². The molecule has 0 saturated carbocycles. The number of hydrogen-bond acceptors (Lipinski definition) is 4. The summed E-state index contributed by atoms with van der Waals surface area (Å²) in [5.74, 6) is -1.29. The predicted molar refractivity (Wildman–Crippen MR) is 157 cm³/mol. The van der Waals surface area contributed by atoms with Crippen LogP contribution in [-0.2, 0) is 32.6 Å². The van der Waals surface area contributed by atoms with Crippen LogP contribution in [0, 0.1) is 19.7 Å². The number of rotatable bonds is 13. The van der Waals surface area contributed by atoms with Gasteiger partial charge in [0.15, 0.2) is 0 Å². The van der Waals surface area contributed by atoms with Gasteiger partial charge in [-0.15, -0.1) is 0 Å². The van der Waals surface area contributed by atoms with E-state index >= 15 is 0 Å². The van der Waals surface area contributed by atoms with Gasteiger partial charge < -0.3 is 10.2 Å². The van der Waals surface area contributed by atoms with Crippen LogP contribution in [0.2, 0.25) is 0 Å². The number of nitrogens with one attached hydrogen (secondary N) is 1. The molecule has 0 unspecified atom stereocenters. The molecule has 40 heavy (non-hydrogen) atoms. The summed E-state index contributed by atoms with van der Waals surface area (Å²) in [4.78, 5) is 29.0. The minimum atomic E-state index is -3.85. The van der Waals surface area contributed by atoms with Crippen molar-refractivity contribution in [3.8, 4) is 0 Å². The van der Waals surface area contributed by atoms with E-state index in [0.29, 0.717) is 23.4 Å². The van der Waals surface area contributed by atoms with Crippen LogP contribution in [0.4, 0.5) is 10.1 Å². The number of sulfonamides is 1. The highest BCUT2D eigenvalue weighted by molar-refractivity contribution is 7.92. The lowest BCUT2D eigenvalue weighted by atomic mass is 10.0. The molecular weight excluding hydrogens is 529 g/mol. The van der Waals surface area contributed by atoms with Crippen LogP contribution in [0.1, 0.15) is 42.0 Å². The van der Waals surface area contributed by atoms with E-state index in [4.69, 9.17) is 0 Å². The molecule has 2 amide bonds. The number of unbranched alkanes of at least 4 members (excludes halogenated alkanes) is 1. The summed E-state index contributed by atoms with van der Waals surface area (Å²) in [5, 5.41) is 2.94. The van der Waals surface area contributed by atoms with E-state index < -0.39 is 34.3 Å². The summed E-state index contributed by atoms with van der Waals surface area (Å²) in [7, 11) is -3.85. The molecule has 3 aromatic rings. The van der Waals surface area contributed by atoms with Crippen molar-refractivity contribution < 1.29 is 22.4 Å². The number of carbonyl (C=O) groups excluding carboxylic acids is 2. The van der Waals surface area contributed by atoms with Gasteiger partial charge in [0.05, 0.1) is 11.9 Å². The monoisotopic (exact) mass is 567 g/mol. The Hall–Kier alpha value is -3.72. The summed E-state index contributed by atoms with van der Waals surface area (Å²) in [5.41, 5.74) is 3.54.